The van der Waals surface area contributed by atoms with Gasteiger partial charge < -0.3 is 10.8 Å². The second-order valence-electron chi connectivity index (χ2n) is 5.97. The molecule has 1 aromatic rings. The monoisotopic (exact) mass is 440 g/mol. The van der Waals surface area contributed by atoms with E-state index in [1.54, 1.807) is 0 Å². The van der Waals surface area contributed by atoms with Crippen molar-refractivity contribution in [2.45, 2.75) is 23.2 Å². The van der Waals surface area contributed by atoms with Crippen molar-refractivity contribution in [1.29, 1.82) is 0 Å². The van der Waals surface area contributed by atoms with Crippen LogP contribution in [0.3, 0.4) is 0 Å². The fourth-order valence-electron chi connectivity index (χ4n) is 2.82. The molecule has 1 saturated heterocycles. The zero-order valence-corrected chi connectivity index (χ0v) is 17.1. The summed E-state index contributed by atoms with van der Waals surface area (Å²) in [6.45, 7) is 1.28. The summed E-state index contributed by atoms with van der Waals surface area (Å²) < 4.78 is 0. The number of hydrogen-bond acceptors (Lipinski definition) is 6. The minimum absolute atomic E-state index is 0.0946. The van der Waals surface area contributed by atoms with E-state index in [1.807, 2.05) is 30.3 Å². The number of benzene rings is 1. The molecule has 2 aliphatic heterocycles. The first kappa shape index (κ1) is 20.6. The lowest BCUT2D eigenvalue weighted by molar-refractivity contribution is -0.159. The van der Waals surface area contributed by atoms with Gasteiger partial charge in [0, 0.05) is 17.6 Å². The molecule has 8 nitrogen and oxygen atoms in total. The number of halogens is 1. The minimum Gasteiger partial charge on any atom is -0.477 e. The van der Waals surface area contributed by atoms with Gasteiger partial charge >= 0.3 is 5.97 Å². The number of carbonyl (C=O) groups excluding carboxylic acids is 2. The van der Waals surface area contributed by atoms with Crippen LogP contribution < -0.4 is 5.73 Å². The summed E-state index contributed by atoms with van der Waals surface area (Å²) in [5.41, 5.74) is 5.72. The van der Waals surface area contributed by atoms with Gasteiger partial charge in [0.2, 0.25) is 5.91 Å². The molecule has 2 aliphatic rings. The molecule has 11 heteroatoms. The summed E-state index contributed by atoms with van der Waals surface area (Å²) in [7, 11) is 0. The molecule has 0 bridgehead atoms. The van der Waals surface area contributed by atoms with Crippen molar-refractivity contribution in [2.75, 3.05) is 11.5 Å². The number of thioether (sulfide) groups is 2. The number of rotatable bonds is 6. The van der Waals surface area contributed by atoms with Gasteiger partial charge in [-0.2, -0.15) is 5.10 Å². The third-order valence-corrected chi connectivity index (χ3v) is 6.83. The van der Waals surface area contributed by atoms with Gasteiger partial charge in [0.25, 0.3) is 5.91 Å². The van der Waals surface area contributed by atoms with Crippen molar-refractivity contribution >= 4 is 58.7 Å². The van der Waals surface area contributed by atoms with Crippen molar-refractivity contribution in [3.8, 4) is 0 Å². The molecule has 1 fully saturated rings. The number of amidine groups is 1. The van der Waals surface area contributed by atoms with Crippen LogP contribution in [0.5, 0.6) is 0 Å². The Kier molecular flexibility index (Phi) is 6.21. The molecule has 1 unspecified atom stereocenters. The van der Waals surface area contributed by atoms with Crippen LogP contribution in [0.1, 0.15) is 6.92 Å². The zero-order valence-electron chi connectivity index (χ0n) is 14.7. The molecular formula is C17H17ClN4O4S2. The average Bonchev–Trinajstić information content (AvgIpc) is 2.66. The number of fused-ring (bicyclic) bond motifs is 1. The SMILES string of the molecule is CC(=O)N(N=C(N)CSc1ccccc1)C1C(=O)N2C(C(=O)O)=C(Cl)CS[C@H]12. The number of nitrogens with two attached hydrogens (primary N) is 1. The molecule has 0 aromatic heterocycles. The maximum Gasteiger partial charge on any atom is 0.353 e. The van der Waals surface area contributed by atoms with E-state index >= 15 is 0 Å². The number of nitrogens with zero attached hydrogens (tertiary/aromatic N) is 3. The summed E-state index contributed by atoms with van der Waals surface area (Å²) in [6.07, 6.45) is 0. The summed E-state index contributed by atoms with van der Waals surface area (Å²) in [5.74, 6) is -1.52. The second-order valence-corrected chi connectivity index (χ2v) is 8.58. The van der Waals surface area contributed by atoms with Crippen molar-refractivity contribution in [3.05, 3.63) is 41.1 Å². The molecule has 1 aromatic carbocycles. The Hall–Kier alpha value is -2.17. The quantitative estimate of drug-likeness (QED) is 0.227. The maximum absolute atomic E-state index is 12.6. The van der Waals surface area contributed by atoms with Crippen molar-refractivity contribution < 1.29 is 19.5 Å². The highest BCUT2D eigenvalue weighted by Crippen LogP contribution is 2.43. The van der Waals surface area contributed by atoms with Crippen molar-refractivity contribution in [1.82, 2.24) is 9.91 Å². The van der Waals surface area contributed by atoms with Gasteiger partial charge in [-0.3, -0.25) is 14.5 Å². The summed E-state index contributed by atoms with van der Waals surface area (Å²) in [5, 5.41) is 14.0. The minimum atomic E-state index is -1.28. The second kappa shape index (κ2) is 8.46. The lowest BCUT2D eigenvalue weighted by Crippen LogP contribution is -2.70. The molecule has 2 heterocycles. The molecule has 2 amide bonds. The van der Waals surface area contributed by atoms with E-state index in [0.29, 0.717) is 5.75 Å². The van der Waals surface area contributed by atoms with E-state index in [0.717, 1.165) is 14.8 Å². The van der Waals surface area contributed by atoms with E-state index in [1.165, 1.54) is 30.4 Å². The lowest BCUT2D eigenvalue weighted by atomic mass is 10.0. The predicted molar refractivity (Wildman–Crippen MR) is 109 cm³/mol. The fourth-order valence-corrected chi connectivity index (χ4v) is 5.13. The number of carboxylic acids is 1. The largest absolute Gasteiger partial charge is 0.477 e. The smallest absolute Gasteiger partial charge is 0.353 e. The number of hydrogen-bond donors (Lipinski definition) is 2. The Bertz CT molecular complexity index is 877. The van der Waals surface area contributed by atoms with Crippen molar-refractivity contribution in [2.24, 2.45) is 10.8 Å². The van der Waals surface area contributed by atoms with E-state index in [2.05, 4.69) is 5.10 Å². The summed E-state index contributed by atoms with van der Waals surface area (Å²) >= 11 is 8.69. The number of β-lactam (4-membered cyclic amide) rings is 1. The molecular weight excluding hydrogens is 424 g/mol. The summed E-state index contributed by atoms with van der Waals surface area (Å²) in [6, 6.07) is 8.64. The first-order valence-electron chi connectivity index (χ1n) is 8.18. The number of amides is 2. The Labute approximate surface area is 174 Å². The van der Waals surface area contributed by atoms with Crippen LogP contribution >= 0.6 is 35.1 Å². The van der Waals surface area contributed by atoms with E-state index in [4.69, 9.17) is 17.3 Å². The molecule has 28 heavy (non-hydrogen) atoms. The Morgan fingerprint density at radius 2 is 2.11 bits per heavy atom. The van der Waals surface area contributed by atoms with Crippen molar-refractivity contribution in [3.63, 3.8) is 0 Å². The predicted octanol–water partition coefficient (Wildman–Crippen LogP) is 1.72. The van der Waals surface area contributed by atoms with E-state index in [-0.39, 0.29) is 22.3 Å². The highest BCUT2D eigenvalue weighted by atomic mass is 35.5. The van der Waals surface area contributed by atoms with Gasteiger partial charge in [0.1, 0.15) is 16.9 Å². The fraction of sp³-hybridized carbons (Fsp3) is 0.294. The lowest BCUT2D eigenvalue weighted by Gasteiger charge is -2.50. The highest BCUT2D eigenvalue weighted by molar-refractivity contribution is 8.00. The summed E-state index contributed by atoms with van der Waals surface area (Å²) in [4.78, 5) is 38.2. The van der Waals surface area contributed by atoms with Gasteiger partial charge in [0.15, 0.2) is 6.04 Å². The highest BCUT2D eigenvalue weighted by Gasteiger charge is 2.57. The first-order valence-corrected chi connectivity index (χ1v) is 10.6. The third-order valence-electron chi connectivity index (χ3n) is 4.05. The van der Waals surface area contributed by atoms with E-state index in [9.17, 15) is 19.5 Å². The zero-order chi connectivity index (χ0) is 20.4. The van der Waals surface area contributed by atoms with Gasteiger partial charge in [-0.05, 0) is 12.1 Å². The molecule has 148 valence electrons. The maximum atomic E-state index is 12.6. The Morgan fingerprint density at radius 1 is 1.43 bits per heavy atom. The topological polar surface area (TPSA) is 116 Å². The van der Waals surface area contributed by atoms with Gasteiger partial charge in [-0.1, -0.05) is 29.8 Å². The molecule has 0 radical (unpaired) electrons. The van der Waals surface area contributed by atoms with Crippen LogP contribution in [0, 0.1) is 0 Å². The number of carbonyl (C=O) groups is 3. The van der Waals surface area contributed by atoms with Crippen LogP contribution in [0.15, 0.2) is 51.1 Å². The molecule has 0 spiro atoms. The molecule has 2 atom stereocenters. The van der Waals surface area contributed by atoms with E-state index < -0.39 is 29.2 Å². The van der Waals surface area contributed by atoms with Crippen LogP contribution in [0.25, 0.3) is 0 Å². The van der Waals surface area contributed by atoms with Gasteiger partial charge in [-0.15, -0.1) is 23.5 Å². The molecule has 0 aliphatic carbocycles. The average molecular weight is 441 g/mol. The molecule has 0 saturated carbocycles. The van der Waals surface area contributed by atoms with Crippen LogP contribution in [-0.4, -0.2) is 61.6 Å². The normalized spacial score (nSPS) is 21.9. The third kappa shape index (κ3) is 3.98. The molecule has 3 N–H and O–H groups in total. The van der Waals surface area contributed by atoms with Gasteiger partial charge in [0.05, 0.1) is 10.8 Å². The first-order chi connectivity index (χ1) is 13.3. The van der Waals surface area contributed by atoms with Gasteiger partial charge in [-0.25, -0.2) is 9.80 Å². The van der Waals surface area contributed by atoms with Crippen LogP contribution in [-0.2, 0) is 14.4 Å². The number of carboxylic acid groups (broad SMARTS) is 1. The van der Waals surface area contributed by atoms with Crippen LogP contribution in [0.4, 0.5) is 0 Å². The Balaban J connectivity index is 1.76. The standard InChI is InChI=1S/C17H17ClN4O4S2/c1-9(23)22(20-12(19)8-27-10-5-3-2-4-6-10)14-15(24)21-13(17(25)26)11(18)7-28-16(14)21/h2-6,14,16H,7-8H2,1H3,(H2,19,20)(H,25,26)/t14?,16-/m1/s1. The van der Waals surface area contributed by atoms with Crippen LogP contribution in [0.2, 0.25) is 0 Å². The molecule has 3 rings (SSSR count). The number of hydrazone groups is 1. The Morgan fingerprint density at radius 3 is 2.71 bits per heavy atom. The number of aliphatic carboxylic acids is 1.